The van der Waals surface area contributed by atoms with Crippen LogP contribution in [0, 0.1) is 0 Å². The number of nitrogens with zero attached hydrogens (tertiary/aromatic N) is 3. The fourth-order valence-electron chi connectivity index (χ4n) is 2.17. The molecule has 0 atom stereocenters. The van der Waals surface area contributed by atoms with E-state index in [4.69, 9.17) is 0 Å². The van der Waals surface area contributed by atoms with Crippen molar-refractivity contribution in [3.05, 3.63) is 46.9 Å². The Morgan fingerprint density at radius 1 is 1.23 bits per heavy atom. The maximum atomic E-state index is 12.6. The highest BCUT2D eigenvalue weighted by molar-refractivity contribution is 5.96. The third-order valence-electron chi connectivity index (χ3n) is 3.48. The molecule has 0 unspecified atom stereocenters. The molecule has 0 bridgehead atoms. The van der Waals surface area contributed by atoms with Crippen molar-refractivity contribution in [2.75, 3.05) is 19.1 Å². The fourth-order valence-corrected chi connectivity index (χ4v) is 2.17. The zero-order valence-electron chi connectivity index (χ0n) is 13.8. The van der Waals surface area contributed by atoms with Crippen molar-refractivity contribution in [2.24, 2.45) is 0 Å². The number of aromatic nitrogens is 2. The second-order valence-electron chi connectivity index (χ2n) is 5.16. The molecular weight excluding hydrogens is 355 g/mol. The van der Waals surface area contributed by atoms with E-state index in [9.17, 15) is 27.6 Å². The van der Waals surface area contributed by atoms with Crippen LogP contribution in [0.4, 0.5) is 18.9 Å². The summed E-state index contributed by atoms with van der Waals surface area (Å²) < 4.78 is 43.3. The number of carbonyl (C=O) groups is 2. The number of carbonyl (C=O) groups excluding carboxylic acids is 2. The van der Waals surface area contributed by atoms with Gasteiger partial charge in [0.25, 0.3) is 5.56 Å². The molecule has 0 aliphatic carbocycles. The molecule has 0 fully saturated rings. The Bertz CT molecular complexity index is 879. The smallest absolute Gasteiger partial charge is 0.468 e. The molecule has 26 heavy (non-hydrogen) atoms. The summed E-state index contributed by atoms with van der Waals surface area (Å²) in [7, 11) is 1.91. The Morgan fingerprint density at radius 3 is 2.38 bits per heavy atom. The van der Waals surface area contributed by atoms with Crippen LogP contribution in [0.5, 0.6) is 0 Å². The van der Waals surface area contributed by atoms with Gasteiger partial charge in [0, 0.05) is 12.6 Å². The largest absolute Gasteiger partial charge is 0.471 e. The predicted octanol–water partition coefficient (Wildman–Crippen LogP) is 1.61. The molecular formula is C16H14F3N3O4. The molecule has 0 radical (unpaired) electrons. The van der Waals surface area contributed by atoms with E-state index >= 15 is 0 Å². The van der Waals surface area contributed by atoms with Crippen molar-refractivity contribution in [1.29, 1.82) is 0 Å². The summed E-state index contributed by atoms with van der Waals surface area (Å²) in [6.45, 7) is -0.575. The molecule has 1 aromatic carbocycles. The first-order valence-corrected chi connectivity index (χ1v) is 7.23. The number of rotatable bonds is 4. The quantitative estimate of drug-likeness (QED) is 0.765. The lowest BCUT2D eigenvalue weighted by Crippen LogP contribution is -2.42. The predicted molar refractivity (Wildman–Crippen MR) is 85.4 cm³/mol. The van der Waals surface area contributed by atoms with Gasteiger partial charge in [-0.2, -0.15) is 13.2 Å². The fraction of sp³-hybridized carbons (Fsp3) is 0.250. The number of hydrogen-bond acceptors (Lipinski definition) is 5. The van der Waals surface area contributed by atoms with Crippen molar-refractivity contribution >= 4 is 17.6 Å². The summed E-state index contributed by atoms with van der Waals surface area (Å²) in [5.74, 6) is -2.97. The lowest BCUT2D eigenvalue weighted by Gasteiger charge is -2.20. The number of esters is 1. The number of amides is 1. The summed E-state index contributed by atoms with van der Waals surface area (Å²) in [5, 5.41) is 0. The number of ether oxygens (including phenoxy) is 1. The maximum Gasteiger partial charge on any atom is 0.471 e. The molecule has 1 heterocycles. The average molecular weight is 369 g/mol. The number of anilines is 1. The molecule has 0 aliphatic heterocycles. The van der Waals surface area contributed by atoms with E-state index < -0.39 is 35.8 Å². The molecule has 7 nitrogen and oxygen atoms in total. The summed E-state index contributed by atoms with van der Waals surface area (Å²) in [4.78, 5) is 39.8. The van der Waals surface area contributed by atoms with E-state index in [0.29, 0.717) is 5.56 Å². The minimum absolute atomic E-state index is 0.0533. The van der Waals surface area contributed by atoms with E-state index in [1.807, 2.05) is 0 Å². The number of halogens is 3. The van der Waals surface area contributed by atoms with Gasteiger partial charge in [-0.05, 0) is 0 Å². The highest BCUT2D eigenvalue weighted by Gasteiger charge is 2.42. The van der Waals surface area contributed by atoms with Gasteiger partial charge in [0.05, 0.1) is 13.3 Å². The highest BCUT2D eigenvalue weighted by Crippen LogP contribution is 2.22. The van der Waals surface area contributed by atoms with Gasteiger partial charge in [-0.1, -0.05) is 30.3 Å². The van der Waals surface area contributed by atoms with Gasteiger partial charge < -0.3 is 9.64 Å². The molecule has 0 spiro atoms. The lowest BCUT2D eigenvalue weighted by atomic mass is 10.2. The Balaban J connectivity index is 2.61. The summed E-state index contributed by atoms with van der Waals surface area (Å²) >= 11 is 0. The van der Waals surface area contributed by atoms with Crippen LogP contribution in [-0.2, 0) is 20.9 Å². The van der Waals surface area contributed by atoms with Gasteiger partial charge in [-0.15, -0.1) is 0 Å². The van der Waals surface area contributed by atoms with Crippen LogP contribution in [0.2, 0.25) is 0 Å². The zero-order chi connectivity index (χ0) is 19.5. The maximum absolute atomic E-state index is 12.6. The minimum Gasteiger partial charge on any atom is -0.468 e. The first kappa shape index (κ1) is 19.2. The first-order valence-electron chi connectivity index (χ1n) is 7.23. The van der Waals surface area contributed by atoms with Gasteiger partial charge in [-0.3, -0.25) is 19.0 Å². The number of alkyl halides is 3. The molecule has 1 amide bonds. The molecule has 0 aliphatic rings. The van der Waals surface area contributed by atoms with Crippen molar-refractivity contribution in [2.45, 2.75) is 12.7 Å². The standard InChI is InChI=1S/C16H14F3N3O4/c1-21(15(25)16(17,18)19)11-8-20-13(10-6-4-3-5-7-10)22(14(11)24)9-12(23)26-2/h3-8H,9H2,1-2H3. The second kappa shape index (κ2) is 7.38. The molecule has 2 aromatic rings. The molecule has 2 rings (SSSR count). The third-order valence-corrected chi connectivity index (χ3v) is 3.48. The molecule has 1 aromatic heterocycles. The normalized spacial score (nSPS) is 11.1. The van der Waals surface area contributed by atoms with Crippen molar-refractivity contribution < 1.29 is 27.5 Å². The molecule has 10 heteroatoms. The van der Waals surface area contributed by atoms with Crippen LogP contribution in [0.15, 0.2) is 41.3 Å². The monoisotopic (exact) mass is 369 g/mol. The SMILES string of the molecule is COC(=O)Cn1c(-c2ccccc2)ncc(N(C)C(=O)C(F)(F)F)c1=O. The topological polar surface area (TPSA) is 81.5 Å². The van der Waals surface area contributed by atoms with Gasteiger partial charge in [-0.25, -0.2) is 4.98 Å². The lowest BCUT2D eigenvalue weighted by molar-refractivity contribution is -0.170. The number of methoxy groups -OCH3 is 1. The van der Waals surface area contributed by atoms with Crippen LogP contribution in [0.25, 0.3) is 11.4 Å². The van der Waals surface area contributed by atoms with Crippen molar-refractivity contribution in [3.63, 3.8) is 0 Å². The van der Waals surface area contributed by atoms with Crippen molar-refractivity contribution in [1.82, 2.24) is 9.55 Å². The van der Waals surface area contributed by atoms with Crippen LogP contribution in [0.3, 0.4) is 0 Å². The Labute approximate surface area is 145 Å². The van der Waals surface area contributed by atoms with E-state index in [1.165, 1.54) is 0 Å². The van der Waals surface area contributed by atoms with Gasteiger partial charge >= 0.3 is 18.1 Å². The van der Waals surface area contributed by atoms with Crippen LogP contribution >= 0.6 is 0 Å². The van der Waals surface area contributed by atoms with Crippen LogP contribution in [-0.4, -0.2) is 41.8 Å². The second-order valence-corrected chi connectivity index (χ2v) is 5.16. The average Bonchev–Trinajstić information content (AvgIpc) is 2.61. The summed E-state index contributed by atoms with van der Waals surface area (Å²) in [6.07, 6.45) is -4.30. The molecule has 0 N–H and O–H groups in total. The van der Waals surface area contributed by atoms with Crippen molar-refractivity contribution in [3.8, 4) is 11.4 Å². The summed E-state index contributed by atoms with van der Waals surface area (Å²) in [5.41, 5.74) is -1.13. The highest BCUT2D eigenvalue weighted by atomic mass is 19.4. The third kappa shape index (κ3) is 3.90. The van der Waals surface area contributed by atoms with E-state index in [0.717, 1.165) is 24.9 Å². The van der Waals surface area contributed by atoms with E-state index in [1.54, 1.807) is 30.3 Å². The number of hydrogen-bond donors (Lipinski definition) is 0. The van der Waals surface area contributed by atoms with Gasteiger partial charge in [0.2, 0.25) is 0 Å². The Kier molecular flexibility index (Phi) is 5.44. The van der Waals surface area contributed by atoms with Crippen LogP contribution < -0.4 is 10.5 Å². The van der Waals surface area contributed by atoms with E-state index in [2.05, 4.69) is 9.72 Å². The van der Waals surface area contributed by atoms with Crippen LogP contribution in [0.1, 0.15) is 0 Å². The minimum atomic E-state index is -5.16. The van der Waals surface area contributed by atoms with E-state index in [-0.39, 0.29) is 10.7 Å². The summed E-state index contributed by atoms with van der Waals surface area (Å²) in [6, 6.07) is 8.27. The zero-order valence-corrected chi connectivity index (χ0v) is 13.8. The van der Waals surface area contributed by atoms with Gasteiger partial charge in [0.15, 0.2) is 0 Å². The Hall–Kier alpha value is -3.17. The Morgan fingerprint density at radius 2 is 1.85 bits per heavy atom. The molecule has 0 saturated carbocycles. The molecule has 138 valence electrons. The van der Waals surface area contributed by atoms with Gasteiger partial charge in [0.1, 0.15) is 18.1 Å². The molecule has 0 saturated heterocycles. The first-order chi connectivity index (χ1) is 12.2. The number of benzene rings is 1.